The van der Waals surface area contributed by atoms with Crippen molar-refractivity contribution in [3.8, 4) is 11.8 Å². The van der Waals surface area contributed by atoms with Crippen LogP contribution < -0.4 is 10.6 Å². The Kier molecular flexibility index (Phi) is 7.28. The van der Waals surface area contributed by atoms with Crippen LogP contribution in [0.25, 0.3) is 10.9 Å². The molecule has 0 unspecified atom stereocenters. The lowest BCUT2D eigenvalue weighted by atomic mass is 10.1. The topological polar surface area (TPSA) is 87.1 Å². The maximum atomic E-state index is 14.1. The average Bonchev–Trinajstić information content (AvgIpc) is 2.85. The van der Waals surface area contributed by atoms with Gasteiger partial charge in [0.15, 0.2) is 5.82 Å². The third-order valence-electron chi connectivity index (χ3n) is 5.42. The van der Waals surface area contributed by atoms with Gasteiger partial charge < -0.3 is 15.7 Å². The smallest absolute Gasteiger partial charge is 0.251 e. The van der Waals surface area contributed by atoms with Crippen molar-refractivity contribution in [2.24, 2.45) is 0 Å². The van der Waals surface area contributed by atoms with E-state index in [9.17, 15) is 14.3 Å². The number of hydrogen-bond donors (Lipinski definition) is 3. The fourth-order valence-electron chi connectivity index (χ4n) is 3.60. The molecule has 0 aliphatic carbocycles. The first-order valence-electron chi connectivity index (χ1n) is 11.6. The molecule has 182 valence electrons. The highest BCUT2D eigenvalue weighted by atomic mass is 19.1. The number of nitrogens with one attached hydrogen (secondary N) is 2. The van der Waals surface area contributed by atoms with Crippen LogP contribution in [-0.4, -0.2) is 26.6 Å². The number of carbonyl (C=O) groups excluding carboxylic acids is 1. The zero-order valence-corrected chi connectivity index (χ0v) is 20.4. The van der Waals surface area contributed by atoms with Crippen molar-refractivity contribution in [3.05, 3.63) is 101 Å². The normalized spacial score (nSPS) is 11.0. The third kappa shape index (κ3) is 6.23. The number of carbonyl (C=O) groups is 1. The molecule has 0 fully saturated rings. The second-order valence-electron chi connectivity index (χ2n) is 8.98. The largest absolute Gasteiger partial charge is 0.378 e. The zero-order chi connectivity index (χ0) is 25.7. The van der Waals surface area contributed by atoms with Crippen molar-refractivity contribution in [1.82, 2.24) is 15.3 Å². The molecule has 0 atom stereocenters. The molecule has 1 aromatic heterocycles. The van der Waals surface area contributed by atoms with Crippen LogP contribution in [0.3, 0.4) is 0 Å². The molecule has 0 saturated heterocycles. The fraction of sp³-hybridized carbons (Fsp3) is 0.207. The van der Waals surface area contributed by atoms with Crippen LogP contribution in [0.5, 0.6) is 0 Å². The number of halogens is 1. The first-order chi connectivity index (χ1) is 17.2. The number of para-hydroxylation sites is 1. The van der Waals surface area contributed by atoms with E-state index in [-0.39, 0.29) is 24.8 Å². The van der Waals surface area contributed by atoms with Crippen LogP contribution in [0, 0.1) is 24.6 Å². The number of amides is 1. The molecular weight excluding hydrogens is 455 g/mol. The lowest BCUT2D eigenvalue weighted by Crippen LogP contribution is -2.24. The minimum absolute atomic E-state index is 0.108. The Bertz CT molecular complexity index is 1480. The molecule has 1 heterocycles. The molecule has 0 bridgehead atoms. The Morgan fingerprint density at radius 2 is 1.81 bits per heavy atom. The third-order valence-corrected chi connectivity index (χ3v) is 5.42. The van der Waals surface area contributed by atoms with Crippen LogP contribution in [0.2, 0.25) is 0 Å². The molecule has 3 N–H and O–H groups in total. The summed E-state index contributed by atoms with van der Waals surface area (Å²) < 4.78 is 14.1. The summed E-state index contributed by atoms with van der Waals surface area (Å²) in [7, 11) is 0. The summed E-state index contributed by atoms with van der Waals surface area (Å²) in [6, 6.07) is 19.2. The molecule has 0 aliphatic rings. The van der Waals surface area contributed by atoms with E-state index in [0.29, 0.717) is 28.3 Å². The lowest BCUT2D eigenvalue weighted by Gasteiger charge is -2.13. The second kappa shape index (κ2) is 10.5. The number of nitrogens with zero attached hydrogens (tertiary/aromatic N) is 2. The molecule has 7 heteroatoms. The second-order valence-corrected chi connectivity index (χ2v) is 8.98. The Labute approximate surface area is 209 Å². The molecule has 3 aromatic carbocycles. The van der Waals surface area contributed by atoms with E-state index in [0.717, 1.165) is 16.5 Å². The average molecular weight is 483 g/mol. The van der Waals surface area contributed by atoms with Crippen LogP contribution in [0.1, 0.15) is 46.7 Å². The number of aryl methyl sites for hydroxylation is 1. The van der Waals surface area contributed by atoms with Gasteiger partial charge >= 0.3 is 0 Å². The molecule has 36 heavy (non-hydrogen) atoms. The van der Waals surface area contributed by atoms with Gasteiger partial charge in [0.05, 0.1) is 12.1 Å². The van der Waals surface area contributed by atoms with E-state index < -0.39 is 5.60 Å². The van der Waals surface area contributed by atoms with Gasteiger partial charge in [-0.3, -0.25) is 4.79 Å². The van der Waals surface area contributed by atoms with Crippen molar-refractivity contribution in [2.45, 2.75) is 39.5 Å². The lowest BCUT2D eigenvalue weighted by molar-refractivity contribution is 0.0950. The van der Waals surface area contributed by atoms with Gasteiger partial charge in [0.2, 0.25) is 0 Å². The standard InChI is InChI=1S/C29H27FN4O2/c1-19-8-6-12-23-26(19)33-25(34-27(23)31-17-22-10-4-5-13-24(22)30)18-32-28(35)21-11-7-9-20(16-21)14-15-29(2,3)36/h4-13,16,36H,17-18H2,1-3H3,(H,32,35)(H,31,33,34). The van der Waals surface area contributed by atoms with Gasteiger partial charge in [-0.1, -0.05) is 48.2 Å². The Morgan fingerprint density at radius 1 is 1.03 bits per heavy atom. The quantitative estimate of drug-likeness (QED) is 0.346. The van der Waals surface area contributed by atoms with Gasteiger partial charge in [0.25, 0.3) is 5.91 Å². The predicted octanol–water partition coefficient (Wildman–Crippen LogP) is 4.74. The number of hydrogen-bond acceptors (Lipinski definition) is 5. The fourth-order valence-corrected chi connectivity index (χ4v) is 3.60. The molecule has 6 nitrogen and oxygen atoms in total. The first-order valence-corrected chi connectivity index (χ1v) is 11.6. The molecule has 1 amide bonds. The molecule has 4 aromatic rings. The van der Waals surface area contributed by atoms with Crippen LogP contribution in [0.15, 0.2) is 66.7 Å². The predicted molar refractivity (Wildman–Crippen MR) is 139 cm³/mol. The maximum absolute atomic E-state index is 14.1. The molecule has 0 spiro atoms. The molecule has 0 saturated carbocycles. The van der Waals surface area contributed by atoms with Crippen molar-refractivity contribution in [1.29, 1.82) is 0 Å². The molecule has 0 aliphatic heterocycles. The summed E-state index contributed by atoms with van der Waals surface area (Å²) in [5, 5.41) is 16.7. The highest BCUT2D eigenvalue weighted by Crippen LogP contribution is 2.24. The van der Waals surface area contributed by atoms with Crippen molar-refractivity contribution in [3.63, 3.8) is 0 Å². The van der Waals surface area contributed by atoms with Gasteiger partial charge in [-0.05, 0) is 56.7 Å². The van der Waals surface area contributed by atoms with Gasteiger partial charge in [0, 0.05) is 28.6 Å². The summed E-state index contributed by atoms with van der Waals surface area (Å²) in [5.41, 5.74) is 2.20. The monoisotopic (exact) mass is 482 g/mol. The highest BCUT2D eigenvalue weighted by Gasteiger charge is 2.13. The van der Waals surface area contributed by atoms with Gasteiger partial charge in [-0.15, -0.1) is 0 Å². The number of fused-ring (bicyclic) bond motifs is 1. The summed E-state index contributed by atoms with van der Waals surface area (Å²) >= 11 is 0. The minimum atomic E-state index is -1.12. The van der Waals surface area contributed by atoms with Gasteiger partial charge in [-0.2, -0.15) is 0 Å². The van der Waals surface area contributed by atoms with Crippen LogP contribution in [0.4, 0.5) is 10.2 Å². The number of anilines is 1. The zero-order valence-electron chi connectivity index (χ0n) is 20.4. The van der Waals surface area contributed by atoms with Gasteiger partial charge in [0.1, 0.15) is 17.2 Å². The van der Waals surface area contributed by atoms with Crippen molar-refractivity contribution in [2.75, 3.05) is 5.32 Å². The van der Waals surface area contributed by atoms with E-state index in [1.807, 2.05) is 25.1 Å². The van der Waals surface area contributed by atoms with E-state index in [2.05, 4.69) is 32.4 Å². The summed E-state index contributed by atoms with van der Waals surface area (Å²) in [5.74, 6) is 6.03. The number of aromatic nitrogens is 2. The summed E-state index contributed by atoms with van der Waals surface area (Å²) in [4.78, 5) is 22.1. The first kappa shape index (κ1) is 24.8. The SMILES string of the molecule is Cc1cccc2c(NCc3ccccc3F)nc(CNC(=O)c3cccc(C#CC(C)(C)O)c3)nc12. The maximum Gasteiger partial charge on any atom is 0.251 e. The van der Waals surface area contributed by atoms with Crippen molar-refractivity contribution < 1.29 is 14.3 Å². The minimum Gasteiger partial charge on any atom is -0.378 e. The van der Waals surface area contributed by atoms with Crippen LogP contribution in [-0.2, 0) is 13.1 Å². The molecule has 4 rings (SSSR count). The van der Waals surface area contributed by atoms with Gasteiger partial charge in [-0.25, -0.2) is 14.4 Å². The van der Waals surface area contributed by atoms with E-state index >= 15 is 0 Å². The van der Waals surface area contributed by atoms with E-state index in [1.54, 1.807) is 56.3 Å². The Hall–Kier alpha value is -4.28. The number of benzene rings is 3. The summed E-state index contributed by atoms with van der Waals surface area (Å²) in [6.07, 6.45) is 0. The van der Waals surface area contributed by atoms with E-state index in [4.69, 9.17) is 0 Å². The van der Waals surface area contributed by atoms with Crippen LogP contribution >= 0.6 is 0 Å². The van der Waals surface area contributed by atoms with E-state index in [1.165, 1.54) is 6.07 Å². The highest BCUT2D eigenvalue weighted by molar-refractivity contribution is 5.94. The Morgan fingerprint density at radius 3 is 2.58 bits per heavy atom. The number of aliphatic hydroxyl groups is 1. The van der Waals surface area contributed by atoms with Crippen molar-refractivity contribution >= 4 is 22.6 Å². The molecular formula is C29H27FN4O2. The molecule has 0 radical (unpaired) electrons. The summed E-state index contributed by atoms with van der Waals surface area (Å²) in [6.45, 7) is 5.52. The number of rotatable bonds is 6. The Balaban J connectivity index is 1.55.